The topological polar surface area (TPSA) is 86.7 Å². The Morgan fingerprint density at radius 1 is 0.968 bits per heavy atom. The van der Waals surface area contributed by atoms with Gasteiger partial charge in [0.15, 0.2) is 0 Å². The van der Waals surface area contributed by atoms with Crippen LogP contribution in [0.15, 0.2) is 67.0 Å². The summed E-state index contributed by atoms with van der Waals surface area (Å²) in [5, 5.41) is 23.4. The number of nitro benzene ring substituents is 1. The average Bonchev–Trinajstić information content (AvgIpc) is 3.11. The summed E-state index contributed by atoms with van der Waals surface area (Å²) in [6.07, 6.45) is 5.70. The van der Waals surface area contributed by atoms with E-state index in [1.54, 1.807) is 36.7 Å². The van der Waals surface area contributed by atoms with E-state index in [0.29, 0.717) is 0 Å². The number of rotatable bonds is 7. The molecule has 0 spiro atoms. The Morgan fingerprint density at radius 3 is 2.35 bits per heavy atom. The van der Waals surface area contributed by atoms with Gasteiger partial charge in [0, 0.05) is 41.6 Å². The molecule has 156 valence electrons. The minimum Gasteiger partial charge on any atom is -0.271 e. The van der Waals surface area contributed by atoms with Crippen molar-refractivity contribution in [1.29, 1.82) is 0 Å². The van der Waals surface area contributed by atoms with Gasteiger partial charge in [0.05, 0.1) is 17.3 Å². The molecule has 0 atom stereocenters. The normalized spacial score (nSPS) is 10.9. The van der Waals surface area contributed by atoms with Gasteiger partial charge >= 0.3 is 0 Å². The highest BCUT2D eigenvalue weighted by Gasteiger charge is 2.19. The minimum absolute atomic E-state index is 0.0896. The summed E-state index contributed by atoms with van der Waals surface area (Å²) in [5.41, 5.74) is 5.60. The molecule has 0 aliphatic heterocycles. The molecule has 0 fully saturated rings. The average molecular weight is 417 g/mol. The van der Waals surface area contributed by atoms with Gasteiger partial charge in [0.25, 0.3) is 5.69 Å². The number of aryl methyl sites for hydroxylation is 2. The molecule has 2 heterocycles. The van der Waals surface area contributed by atoms with Crippen LogP contribution in [0.3, 0.4) is 0 Å². The second-order valence-electron chi connectivity index (χ2n) is 7.21. The van der Waals surface area contributed by atoms with Crippen LogP contribution in [0.5, 0.6) is 0 Å². The summed E-state index contributed by atoms with van der Waals surface area (Å²) in [6, 6.07) is 14.8. The molecule has 0 bridgehead atoms. The van der Waals surface area contributed by atoms with Crippen LogP contribution < -0.4 is 0 Å². The lowest BCUT2D eigenvalue weighted by atomic mass is 9.97. The fourth-order valence-corrected chi connectivity index (χ4v) is 3.64. The number of hydrogen-bond acceptors (Lipinski definition) is 5. The summed E-state index contributed by atoms with van der Waals surface area (Å²) >= 11 is 0. The van der Waals surface area contributed by atoms with Crippen molar-refractivity contribution >= 4 is 5.69 Å². The number of non-ortho nitro benzene ring substituents is 1. The molecular weight excluding hydrogens is 397 g/mol. The van der Waals surface area contributed by atoms with Gasteiger partial charge in [0.1, 0.15) is 11.5 Å². The van der Waals surface area contributed by atoms with E-state index >= 15 is 0 Å². The maximum Gasteiger partial charge on any atom is 0.269 e. The first-order valence-corrected chi connectivity index (χ1v) is 9.85. The van der Waals surface area contributed by atoms with Gasteiger partial charge in [-0.15, -0.1) is 0 Å². The molecule has 2 aromatic carbocycles. The smallest absolute Gasteiger partial charge is 0.269 e. The van der Waals surface area contributed by atoms with Crippen LogP contribution in [-0.4, -0.2) is 24.9 Å². The van der Waals surface area contributed by atoms with Crippen molar-refractivity contribution in [3.05, 3.63) is 94.2 Å². The van der Waals surface area contributed by atoms with Gasteiger partial charge in [0.2, 0.25) is 0 Å². The maximum absolute atomic E-state index is 13.4. The van der Waals surface area contributed by atoms with Gasteiger partial charge < -0.3 is 0 Å². The Morgan fingerprint density at radius 2 is 1.71 bits per heavy atom. The van der Waals surface area contributed by atoms with Crippen molar-refractivity contribution in [2.75, 3.05) is 0 Å². The first kappa shape index (κ1) is 20.3. The van der Waals surface area contributed by atoms with E-state index in [-0.39, 0.29) is 11.5 Å². The van der Waals surface area contributed by atoms with E-state index in [2.05, 4.69) is 10.2 Å². The van der Waals surface area contributed by atoms with Gasteiger partial charge in [-0.05, 0) is 55.2 Å². The molecule has 0 saturated heterocycles. The van der Waals surface area contributed by atoms with Crippen LogP contribution in [0.25, 0.3) is 22.4 Å². The molecule has 0 radical (unpaired) electrons. The van der Waals surface area contributed by atoms with Crippen LogP contribution in [0, 0.1) is 15.9 Å². The zero-order valence-electron chi connectivity index (χ0n) is 16.9. The number of hydrogen-bond donors (Lipinski definition) is 0. The molecule has 0 aliphatic carbocycles. The highest BCUT2D eigenvalue weighted by atomic mass is 19.1. The van der Waals surface area contributed by atoms with Gasteiger partial charge in [-0.25, -0.2) is 4.39 Å². The maximum atomic E-state index is 13.4. The van der Waals surface area contributed by atoms with Crippen molar-refractivity contribution in [2.45, 2.75) is 19.3 Å². The van der Waals surface area contributed by atoms with Gasteiger partial charge in [-0.2, -0.15) is 15.3 Å². The number of nitro groups is 1. The zero-order valence-corrected chi connectivity index (χ0v) is 16.9. The highest BCUT2D eigenvalue weighted by Crippen LogP contribution is 2.34. The Bertz CT molecular complexity index is 1190. The number of halogens is 1. The number of benzene rings is 2. The quantitative estimate of drug-likeness (QED) is 0.319. The molecule has 4 aromatic rings. The summed E-state index contributed by atoms with van der Waals surface area (Å²) in [7, 11) is 1.90. The lowest BCUT2D eigenvalue weighted by molar-refractivity contribution is -0.384. The Labute approximate surface area is 178 Å². The standard InChI is InChI=1S/C23H20FN5O2/c1-28-21(4-2-3-16-5-11-20(12-6-16)29(30)31)22(18-13-14-25-26-15-18)23(27-28)17-7-9-19(24)10-8-17/h5-15H,2-4H2,1H3. The molecule has 31 heavy (non-hydrogen) atoms. The molecule has 0 N–H and O–H groups in total. The third-order valence-corrected chi connectivity index (χ3v) is 5.18. The monoisotopic (exact) mass is 417 g/mol. The van der Waals surface area contributed by atoms with Crippen molar-refractivity contribution in [1.82, 2.24) is 20.0 Å². The summed E-state index contributed by atoms with van der Waals surface area (Å²) < 4.78 is 15.3. The molecule has 0 aliphatic rings. The van der Waals surface area contributed by atoms with E-state index in [9.17, 15) is 14.5 Å². The minimum atomic E-state index is -0.397. The lowest BCUT2D eigenvalue weighted by Crippen LogP contribution is -2.01. The molecule has 2 aromatic heterocycles. The second kappa shape index (κ2) is 8.83. The van der Waals surface area contributed by atoms with Crippen LogP contribution in [-0.2, 0) is 19.9 Å². The first-order valence-electron chi connectivity index (χ1n) is 9.85. The Kier molecular flexibility index (Phi) is 5.79. The van der Waals surface area contributed by atoms with Gasteiger partial charge in [-0.1, -0.05) is 12.1 Å². The summed E-state index contributed by atoms with van der Waals surface area (Å²) in [6.45, 7) is 0. The second-order valence-corrected chi connectivity index (χ2v) is 7.21. The van der Waals surface area contributed by atoms with E-state index in [1.807, 2.05) is 17.8 Å². The van der Waals surface area contributed by atoms with Crippen molar-refractivity contribution < 1.29 is 9.31 Å². The Hall–Kier alpha value is -3.94. The summed E-state index contributed by atoms with van der Waals surface area (Å²) in [4.78, 5) is 10.4. The van der Waals surface area contributed by atoms with Crippen molar-refractivity contribution in [3.8, 4) is 22.4 Å². The van der Waals surface area contributed by atoms with Gasteiger partial charge in [-0.3, -0.25) is 14.8 Å². The molecule has 7 nitrogen and oxygen atoms in total. The first-order chi connectivity index (χ1) is 15.0. The summed E-state index contributed by atoms with van der Waals surface area (Å²) in [5.74, 6) is -0.296. The highest BCUT2D eigenvalue weighted by molar-refractivity contribution is 5.82. The van der Waals surface area contributed by atoms with E-state index in [1.165, 1.54) is 24.3 Å². The Balaban J connectivity index is 1.62. The molecule has 0 amide bonds. The predicted molar refractivity (Wildman–Crippen MR) is 115 cm³/mol. The van der Waals surface area contributed by atoms with Crippen molar-refractivity contribution in [3.63, 3.8) is 0 Å². The third-order valence-electron chi connectivity index (χ3n) is 5.18. The van der Waals surface area contributed by atoms with Crippen LogP contribution in [0.2, 0.25) is 0 Å². The third kappa shape index (κ3) is 4.48. The van der Waals surface area contributed by atoms with Crippen LogP contribution >= 0.6 is 0 Å². The number of nitrogens with zero attached hydrogens (tertiary/aromatic N) is 5. The SMILES string of the molecule is Cn1nc(-c2ccc(F)cc2)c(-c2ccnnc2)c1CCCc1ccc([N+](=O)[O-])cc1. The fraction of sp³-hybridized carbons (Fsp3) is 0.174. The largest absolute Gasteiger partial charge is 0.271 e. The van der Waals surface area contributed by atoms with E-state index in [4.69, 9.17) is 5.10 Å². The molecule has 0 unspecified atom stereocenters. The molecule has 8 heteroatoms. The predicted octanol–water partition coefficient (Wildman–Crippen LogP) is 4.77. The number of aromatic nitrogens is 4. The van der Waals surface area contributed by atoms with Crippen molar-refractivity contribution in [2.24, 2.45) is 7.05 Å². The van der Waals surface area contributed by atoms with E-state index in [0.717, 1.165) is 52.9 Å². The van der Waals surface area contributed by atoms with Crippen LogP contribution in [0.4, 0.5) is 10.1 Å². The zero-order chi connectivity index (χ0) is 21.8. The van der Waals surface area contributed by atoms with Crippen LogP contribution in [0.1, 0.15) is 17.7 Å². The molecular formula is C23H20FN5O2. The lowest BCUT2D eigenvalue weighted by Gasteiger charge is -2.08. The van der Waals surface area contributed by atoms with E-state index < -0.39 is 4.92 Å². The molecule has 0 saturated carbocycles. The fourth-order valence-electron chi connectivity index (χ4n) is 3.64. The molecule has 4 rings (SSSR count).